The van der Waals surface area contributed by atoms with Gasteiger partial charge in [0.25, 0.3) is 0 Å². The molecule has 0 heterocycles. The number of hydrogen-bond donors (Lipinski definition) is 1. The van der Waals surface area contributed by atoms with Gasteiger partial charge in [0.05, 0.1) is 6.10 Å². The van der Waals surface area contributed by atoms with Crippen LogP contribution < -0.4 is 4.74 Å². The summed E-state index contributed by atoms with van der Waals surface area (Å²) in [5.74, 6) is 3.16. The number of aliphatic hydroxyl groups is 1. The maximum absolute atomic E-state index is 12.4. The van der Waals surface area contributed by atoms with Crippen molar-refractivity contribution in [3.63, 3.8) is 0 Å². The molecule has 0 spiro atoms. The first-order valence-electron chi connectivity index (χ1n) is 10.9. The summed E-state index contributed by atoms with van der Waals surface area (Å²) < 4.78 is 5.62. The van der Waals surface area contributed by atoms with Gasteiger partial charge in [0.2, 0.25) is 0 Å². The molecule has 3 aliphatic rings. The van der Waals surface area contributed by atoms with Gasteiger partial charge in [0.15, 0.2) is 0 Å². The van der Waals surface area contributed by atoms with E-state index in [1.54, 1.807) is 4.90 Å². The molecule has 4 nitrogen and oxygen atoms in total. The minimum absolute atomic E-state index is 0. The van der Waals surface area contributed by atoms with Gasteiger partial charge in [-0.15, -0.1) is 23.2 Å². The molecule has 4 rings (SSSR count). The van der Waals surface area contributed by atoms with Crippen LogP contribution in [0.5, 0.6) is 5.75 Å². The monoisotopic (exact) mass is 487 g/mol. The van der Waals surface area contributed by atoms with Gasteiger partial charge in [-0.1, -0.05) is 13.0 Å². The third-order valence-corrected chi connectivity index (χ3v) is 8.16. The molecule has 1 N–H and O–H groups in total. The molecule has 1 aromatic rings. The van der Waals surface area contributed by atoms with E-state index >= 15 is 0 Å². The predicted molar refractivity (Wildman–Crippen MR) is 130 cm³/mol. The Kier molecular flexibility index (Phi) is 11.1. The van der Waals surface area contributed by atoms with E-state index < -0.39 is 6.09 Å². The standard InChI is InChI=1S/C23H31Cl2NO3.2Na.2H/c1-23-9-8-18-17-5-3-16(29-22(28)26(12-10-24)13-11-25)14-15(17)2-4-19(18)20(23)6-7-21(23)27;;;;/h3,5,14,18-21,27H,2,4,6-13H2,1H3;;;;/t18-,19-,20+,21+,23+;;;;/m1..../s1. The number of nitrogens with zero attached hydrogens (tertiary/aromatic N) is 1. The molecular weight excluding hydrogens is 455 g/mol. The van der Waals surface area contributed by atoms with Crippen molar-refractivity contribution in [3.05, 3.63) is 29.3 Å². The number of benzene rings is 1. The number of ether oxygens (including phenoxy) is 1. The molecule has 0 saturated heterocycles. The Morgan fingerprint density at radius 3 is 2.55 bits per heavy atom. The fourth-order valence-electron chi connectivity index (χ4n) is 6.26. The Morgan fingerprint density at radius 1 is 1.16 bits per heavy atom. The third kappa shape index (κ3) is 5.65. The van der Waals surface area contributed by atoms with Crippen LogP contribution >= 0.6 is 23.2 Å². The molecule has 1 aromatic carbocycles. The van der Waals surface area contributed by atoms with Gasteiger partial charge in [-0.3, -0.25) is 0 Å². The van der Waals surface area contributed by atoms with E-state index in [-0.39, 0.29) is 70.6 Å². The van der Waals surface area contributed by atoms with Crippen molar-refractivity contribution in [1.29, 1.82) is 0 Å². The molecule has 1 amide bonds. The number of alkyl halides is 2. The van der Waals surface area contributed by atoms with Gasteiger partial charge in [-0.05, 0) is 85.0 Å². The first-order chi connectivity index (χ1) is 14.0. The molecule has 3 aliphatic carbocycles. The zero-order valence-corrected chi connectivity index (χ0v) is 18.6. The average Bonchev–Trinajstić information content (AvgIpc) is 3.02. The molecule has 0 aromatic heterocycles. The van der Waals surface area contributed by atoms with Crippen molar-refractivity contribution in [2.24, 2.45) is 17.3 Å². The van der Waals surface area contributed by atoms with Gasteiger partial charge in [0.1, 0.15) is 5.75 Å². The molecule has 5 atom stereocenters. The van der Waals surface area contributed by atoms with Crippen LogP contribution in [0.2, 0.25) is 0 Å². The first-order valence-corrected chi connectivity index (χ1v) is 11.9. The number of aliphatic hydroxyl groups excluding tert-OH is 1. The summed E-state index contributed by atoms with van der Waals surface area (Å²) in [5, 5.41) is 10.5. The quantitative estimate of drug-likeness (QED) is 0.506. The number of hydrogen-bond acceptors (Lipinski definition) is 3. The Bertz CT molecular complexity index is 762. The van der Waals surface area contributed by atoms with E-state index in [1.807, 2.05) is 12.1 Å². The Morgan fingerprint density at radius 2 is 1.87 bits per heavy atom. The first kappa shape index (κ1) is 28.3. The van der Waals surface area contributed by atoms with E-state index in [9.17, 15) is 9.90 Å². The van der Waals surface area contributed by atoms with Gasteiger partial charge < -0.3 is 14.7 Å². The van der Waals surface area contributed by atoms with Crippen LogP contribution in [-0.2, 0) is 6.42 Å². The molecule has 8 heteroatoms. The molecule has 164 valence electrons. The zero-order chi connectivity index (χ0) is 20.6. The molecule has 0 bridgehead atoms. The van der Waals surface area contributed by atoms with Crippen LogP contribution in [0.3, 0.4) is 0 Å². The topological polar surface area (TPSA) is 49.8 Å². The molecule has 0 unspecified atom stereocenters. The van der Waals surface area contributed by atoms with E-state index in [4.69, 9.17) is 27.9 Å². The fourth-order valence-corrected chi connectivity index (χ4v) is 6.67. The second-order valence-corrected chi connectivity index (χ2v) is 9.90. The molecule has 31 heavy (non-hydrogen) atoms. The average molecular weight is 488 g/mol. The summed E-state index contributed by atoms with van der Waals surface area (Å²) in [6.45, 7) is 3.15. The molecular formula is C23H33Cl2NNa2O3. The van der Waals surface area contributed by atoms with Crippen molar-refractivity contribution in [2.75, 3.05) is 24.8 Å². The third-order valence-electron chi connectivity index (χ3n) is 7.82. The van der Waals surface area contributed by atoms with Gasteiger partial charge >= 0.3 is 65.2 Å². The van der Waals surface area contributed by atoms with Crippen LogP contribution in [-0.4, -0.2) is 106 Å². The van der Waals surface area contributed by atoms with E-state index in [1.165, 1.54) is 11.1 Å². The van der Waals surface area contributed by atoms with Crippen molar-refractivity contribution in [3.8, 4) is 5.75 Å². The summed E-state index contributed by atoms with van der Waals surface area (Å²) in [7, 11) is 0. The van der Waals surface area contributed by atoms with Crippen molar-refractivity contribution < 1.29 is 14.6 Å². The van der Waals surface area contributed by atoms with Gasteiger partial charge in [0, 0.05) is 24.8 Å². The normalized spacial score (nSPS) is 30.7. The minimum atomic E-state index is -0.395. The van der Waals surface area contributed by atoms with E-state index in [2.05, 4.69) is 13.0 Å². The summed E-state index contributed by atoms with van der Waals surface area (Å²) in [5.41, 5.74) is 2.82. The summed E-state index contributed by atoms with van der Waals surface area (Å²) in [6, 6.07) is 6.13. The summed E-state index contributed by atoms with van der Waals surface area (Å²) in [6.07, 6.45) is 5.98. The van der Waals surface area contributed by atoms with Crippen molar-refractivity contribution in [1.82, 2.24) is 4.90 Å². The van der Waals surface area contributed by atoms with Crippen molar-refractivity contribution >= 4 is 88.4 Å². The fraction of sp³-hybridized carbons (Fsp3) is 0.696. The second kappa shape index (κ2) is 12.1. The number of carbonyl (C=O) groups excluding carboxylic acids is 1. The molecule has 2 fully saturated rings. The van der Waals surface area contributed by atoms with Crippen LogP contribution in [0.1, 0.15) is 56.1 Å². The van der Waals surface area contributed by atoms with E-state index in [0.717, 1.165) is 38.5 Å². The van der Waals surface area contributed by atoms with Gasteiger partial charge in [-0.25, -0.2) is 4.79 Å². The van der Waals surface area contributed by atoms with Crippen molar-refractivity contribution in [2.45, 2.75) is 57.5 Å². The van der Waals surface area contributed by atoms with Crippen LogP contribution in [0.25, 0.3) is 0 Å². The SMILES string of the molecule is C[C@]12CC[C@@H]3c4ccc(OC(=O)N(CCCl)CCCl)cc4CC[C@H]3[C@@H]1CC[C@@H]2O.[NaH].[NaH]. The van der Waals surface area contributed by atoms with Gasteiger partial charge in [-0.2, -0.15) is 0 Å². The predicted octanol–water partition coefficient (Wildman–Crippen LogP) is 3.89. The number of fused-ring (bicyclic) bond motifs is 5. The Balaban J connectivity index is 0.00000171. The summed E-state index contributed by atoms with van der Waals surface area (Å²) >= 11 is 11.6. The van der Waals surface area contributed by atoms with Crippen LogP contribution in [0.15, 0.2) is 18.2 Å². The number of halogens is 2. The maximum atomic E-state index is 12.4. The number of carbonyl (C=O) groups is 1. The molecule has 0 aliphatic heterocycles. The zero-order valence-electron chi connectivity index (χ0n) is 17.1. The number of aryl methyl sites for hydroxylation is 1. The summed E-state index contributed by atoms with van der Waals surface area (Å²) in [4.78, 5) is 14.0. The van der Waals surface area contributed by atoms with E-state index in [0.29, 0.717) is 48.4 Å². The number of rotatable bonds is 5. The number of amides is 1. The van der Waals surface area contributed by atoms with Crippen LogP contribution in [0, 0.1) is 17.3 Å². The molecule has 0 radical (unpaired) electrons. The Labute approximate surface area is 240 Å². The van der Waals surface area contributed by atoms with Crippen LogP contribution in [0.4, 0.5) is 4.79 Å². The Hall–Kier alpha value is 1.03. The molecule has 2 saturated carbocycles. The second-order valence-electron chi connectivity index (χ2n) is 9.15.